The van der Waals surface area contributed by atoms with E-state index in [2.05, 4.69) is 31.9 Å². The van der Waals surface area contributed by atoms with Gasteiger partial charge in [-0.05, 0) is 73.5 Å². The molecule has 0 aliphatic heterocycles. The Morgan fingerprint density at radius 2 is 1.48 bits per heavy atom. The van der Waals surface area contributed by atoms with E-state index in [9.17, 15) is 19.2 Å². The number of hydrogen-bond acceptors (Lipinski definition) is 6. The molecule has 3 aromatic carbocycles. The van der Waals surface area contributed by atoms with Gasteiger partial charge in [-0.2, -0.15) is 0 Å². The maximum absolute atomic E-state index is 10.8. The third-order valence-corrected chi connectivity index (χ3v) is 7.12. The number of hydrogen-bond donors (Lipinski definition) is 3. The van der Waals surface area contributed by atoms with Crippen molar-refractivity contribution in [2.45, 2.75) is 44.8 Å². The number of aliphatic carboxylic acids is 3. The van der Waals surface area contributed by atoms with Crippen LogP contribution in [0.1, 0.15) is 42.6 Å². The summed E-state index contributed by atoms with van der Waals surface area (Å²) in [5.41, 5.74) is 0.393. The molecule has 3 N–H and O–H groups in total. The molecule has 224 valence electrons. The topological polar surface area (TPSA) is 147 Å². The smallest absolute Gasteiger partial charge is 0.348 e. The summed E-state index contributed by atoms with van der Waals surface area (Å²) in [6, 6.07) is 19.2. The quantitative estimate of drug-likeness (QED) is 0.185. The van der Waals surface area contributed by atoms with Crippen LogP contribution in [0.5, 0.6) is 11.5 Å². The second-order valence-electron chi connectivity index (χ2n) is 9.32. The first kappa shape index (κ1) is 34.8. The number of halogens is 3. The molecule has 42 heavy (non-hydrogen) atoms. The highest BCUT2D eigenvalue weighted by Gasteiger charge is 2.53. The van der Waals surface area contributed by atoms with Crippen LogP contribution >= 0.6 is 43.5 Å². The second-order valence-corrected chi connectivity index (χ2v) is 11.6. The number of carboxylic acid groups (broad SMARTS) is 3. The molecular formula is C30H29Br2ClO9. The van der Waals surface area contributed by atoms with Crippen LogP contribution in [0.2, 0.25) is 5.02 Å². The molecule has 1 unspecified atom stereocenters. The maximum atomic E-state index is 10.8. The van der Waals surface area contributed by atoms with Gasteiger partial charge in [0.1, 0.15) is 11.5 Å². The fourth-order valence-electron chi connectivity index (χ4n) is 3.22. The summed E-state index contributed by atoms with van der Waals surface area (Å²) in [5, 5.41) is 26.8. The predicted molar refractivity (Wildman–Crippen MR) is 164 cm³/mol. The second kappa shape index (κ2) is 16.3. The predicted octanol–water partition coefficient (Wildman–Crippen LogP) is 7.16. The zero-order valence-corrected chi connectivity index (χ0v) is 26.6. The highest BCUT2D eigenvalue weighted by Crippen LogP contribution is 2.40. The molecule has 9 nitrogen and oxygen atoms in total. The number of ether oxygens (including phenoxy) is 2. The maximum Gasteiger partial charge on any atom is 0.348 e. The molecule has 0 heterocycles. The van der Waals surface area contributed by atoms with Gasteiger partial charge in [-0.1, -0.05) is 62.5 Å². The number of aldehydes is 1. The monoisotopic (exact) mass is 726 g/mol. The minimum Gasteiger partial charge on any atom is -0.481 e. The van der Waals surface area contributed by atoms with E-state index in [0.717, 1.165) is 14.5 Å². The van der Waals surface area contributed by atoms with E-state index < -0.39 is 29.6 Å². The Bertz CT molecular complexity index is 1370. The van der Waals surface area contributed by atoms with Gasteiger partial charge in [0, 0.05) is 26.8 Å². The van der Waals surface area contributed by atoms with Crippen molar-refractivity contribution in [1.29, 1.82) is 0 Å². The average Bonchev–Trinajstić information content (AvgIpc) is 3.73. The highest BCUT2D eigenvalue weighted by molar-refractivity contribution is 9.10. The fourth-order valence-corrected chi connectivity index (χ4v) is 3.99. The van der Waals surface area contributed by atoms with Crippen LogP contribution in [0.4, 0.5) is 0 Å². The van der Waals surface area contributed by atoms with Gasteiger partial charge in [0.05, 0.1) is 11.5 Å². The van der Waals surface area contributed by atoms with Crippen LogP contribution < -0.4 is 9.47 Å². The minimum absolute atomic E-state index is 0.267. The van der Waals surface area contributed by atoms with Crippen molar-refractivity contribution in [3.63, 3.8) is 0 Å². The summed E-state index contributed by atoms with van der Waals surface area (Å²) < 4.78 is 12.2. The molecule has 4 rings (SSSR count). The first-order chi connectivity index (χ1) is 19.8. The zero-order chi connectivity index (χ0) is 31.4. The highest BCUT2D eigenvalue weighted by atomic mass is 79.9. The number of carbonyl (C=O) groups excluding carboxylic acids is 1. The van der Waals surface area contributed by atoms with Gasteiger partial charge in [-0.3, -0.25) is 9.59 Å². The van der Waals surface area contributed by atoms with E-state index in [1.54, 1.807) is 49.4 Å². The summed E-state index contributed by atoms with van der Waals surface area (Å²) in [6.07, 6.45) is 1.37. The number of carboxylic acids is 3. The molecule has 1 aliphatic carbocycles. The number of benzene rings is 3. The van der Waals surface area contributed by atoms with Gasteiger partial charge in [-0.15, -0.1) is 0 Å². The molecule has 3 aromatic rings. The van der Waals surface area contributed by atoms with E-state index in [0.29, 0.717) is 41.9 Å². The van der Waals surface area contributed by atoms with Crippen molar-refractivity contribution in [2.24, 2.45) is 5.92 Å². The number of rotatable bonds is 10. The van der Waals surface area contributed by atoms with Crippen molar-refractivity contribution in [1.82, 2.24) is 0 Å². The third-order valence-electron chi connectivity index (χ3n) is 5.85. The average molecular weight is 729 g/mol. The van der Waals surface area contributed by atoms with Crippen molar-refractivity contribution in [3.05, 3.63) is 91.8 Å². The van der Waals surface area contributed by atoms with E-state index >= 15 is 0 Å². The summed E-state index contributed by atoms with van der Waals surface area (Å²) in [5.74, 6) is -2.22. The Hall–Kier alpha value is -3.41. The Kier molecular flexibility index (Phi) is 13.5. The Balaban J connectivity index is 0.000000221. The van der Waals surface area contributed by atoms with Crippen molar-refractivity contribution in [3.8, 4) is 11.5 Å². The van der Waals surface area contributed by atoms with Crippen LogP contribution in [0.15, 0.2) is 75.7 Å². The van der Waals surface area contributed by atoms with Crippen LogP contribution in [-0.2, 0) is 20.8 Å². The molecule has 1 aliphatic rings. The van der Waals surface area contributed by atoms with Crippen molar-refractivity contribution in [2.75, 3.05) is 0 Å². The molecule has 0 radical (unpaired) electrons. The van der Waals surface area contributed by atoms with Gasteiger partial charge in [0.15, 0.2) is 12.4 Å². The van der Waals surface area contributed by atoms with E-state index in [1.807, 2.05) is 24.3 Å². The zero-order valence-electron chi connectivity index (χ0n) is 22.6. The molecule has 0 spiro atoms. The largest absolute Gasteiger partial charge is 0.481 e. The Morgan fingerprint density at radius 1 is 0.905 bits per heavy atom. The fraction of sp³-hybridized carbons (Fsp3) is 0.267. The lowest BCUT2D eigenvalue weighted by Crippen LogP contribution is -2.28. The van der Waals surface area contributed by atoms with Crippen LogP contribution in [-0.4, -0.2) is 51.2 Å². The molecule has 0 saturated heterocycles. The molecule has 2 atom stereocenters. The van der Waals surface area contributed by atoms with E-state index in [-0.39, 0.29) is 11.7 Å². The summed E-state index contributed by atoms with van der Waals surface area (Å²) >= 11 is 12.2. The first-order valence-corrected chi connectivity index (χ1v) is 14.5. The summed E-state index contributed by atoms with van der Waals surface area (Å²) in [6.45, 7) is 3.11. The molecule has 1 saturated carbocycles. The van der Waals surface area contributed by atoms with Gasteiger partial charge in [0.2, 0.25) is 5.60 Å². The third kappa shape index (κ3) is 11.5. The van der Waals surface area contributed by atoms with Crippen LogP contribution in [0, 0.1) is 5.92 Å². The first-order valence-electron chi connectivity index (χ1n) is 12.6. The summed E-state index contributed by atoms with van der Waals surface area (Å²) in [7, 11) is 0. The van der Waals surface area contributed by atoms with Crippen molar-refractivity contribution < 1.29 is 44.0 Å². The van der Waals surface area contributed by atoms with E-state index in [1.165, 1.54) is 6.92 Å². The lowest BCUT2D eigenvalue weighted by molar-refractivity contribution is -0.147. The molecule has 0 bridgehead atoms. The van der Waals surface area contributed by atoms with Gasteiger partial charge < -0.3 is 24.8 Å². The SMILES string of the molecule is CC(Oc1ccc(Br)cc1C=O)C(=O)O.C[C@H](Cc1ccc(Br)cc1)C(=O)O.O=C(O)C1(Oc2ccc(Cl)cc2)CC1. The lowest BCUT2D eigenvalue weighted by atomic mass is 10.0. The Labute approximate surface area is 264 Å². The van der Waals surface area contributed by atoms with Gasteiger partial charge in [-0.25, -0.2) is 9.59 Å². The molecule has 0 aromatic heterocycles. The normalized spacial score (nSPS) is 13.9. The molecular weight excluding hydrogens is 700 g/mol. The van der Waals surface area contributed by atoms with E-state index in [4.69, 9.17) is 36.4 Å². The van der Waals surface area contributed by atoms with Crippen molar-refractivity contribution >= 4 is 67.7 Å². The lowest BCUT2D eigenvalue weighted by Gasteiger charge is -2.12. The molecule has 12 heteroatoms. The molecule has 1 fully saturated rings. The Morgan fingerprint density at radius 3 is 1.95 bits per heavy atom. The van der Waals surface area contributed by atoms with Crippen LogP contribution in [0.25, 0.3) is 0 Å². The summed E-state index contributed by atoms with van der Waals surface area (Å²) in [4.78, 5) is 42.6. The standard InChI is InChI=1S/C10H9BrO4.C10H11BrO2.C10H9ClO3/c1-6(10(13)14)15-9-3-2-8(11)4-7(9)5-12;1-7(10(12)13)6-8-2-4-9(11)5-3-8;11-7-1-3-8(4-2-7)14-10(5-6-10)9(12)13/h2-6H,1H3,(H,13,14);2-5,7H,6H2,1H3,(H,12,13);1-4H,5-6H2,(H,12,13)/t;7-;/m.1./s1. The van der Waals surface area contributed by atoms with Crippen LogP contribution in [0.3, 0.4) is 0 Å². The minimum atomic E-state index is -1.07. The van der Waals surface area contributed by atoms with Gasteiger partial charge >= 0.3 is 17.9 Å². The molecule has 0 amide bonds. The number of carbonyl (C=O) groups is 4. The van der Waals surface area contributed by atoms with Gasteiger partial charge in [0.25, 0.3) is 0 Å².